The minimum atomic E-state index is 0.275. The molecule has 1 aromatic carbocycles. The van der Waals surface area contributed by atoms with Crippen LogP contribution < -0.4 is 5.73 Å². The molecule has 0 amide bonds. The van der Waals surface area contributed by atoms with Crippen molar-refractivity contribution in [1.29, 1.82) is 0 Å². The Morgan fingerprint density at radius 2 is 2.19 bits per heavy atom. The molecule has 16 heavy (non-hydrogen) atoms. The molecule has 2 unspecified atom stereocenters. The van der Waals surface area contributed by atoms with E-state index < -0.39 is 0 Å². The zero-order valence-electron chi connectivity index (χ0n) is 9.06. The van der Waals surface area contributed by atoms with Gasteiger partial charge in [-0.05, 0) is 18.1 Å². The van der Waals surface area contributed by atoms with Crippen LogP contribution in [-0.4, -0.2) is 28.6 Å². The molecular weight excluding hydrogens is 302 g/mol. The molecule has 0 saturated carbocycles. The lowest BCUT2D eigenvalue weighted by molar-refractivity contribution is 0.662. The molecule has 1 fully saturated rings. The highest BCUT2D eigenvalue weighted by Crippen LogP contribution is 2.28. The second-order valence-corrected chi connectivity index (χ2v) is 7.29. The fourth-order valence-corrected chi connectivity index (χ4v) is 5.07. The Bertz CT molecular complexity index is 340. The number of thioether (sulfide) groups is 2. The molecule has 1 aromatic rings. The lowest BCUT2D eigenvalue weighted by Crippen LogP contribution is -2.38. The first-order valence-corrected chi connectivity index (χ1v) is 8.45. The Labute approximate surface area is 114 Å². The molecular formula is C12H16BrNS2. The van der Waals surface area contributed by atoms with Crippen molar-refractivity contribution in [3.05, 3.63) is 34.3 Å². The van der Waals surface area contributed by atoms with Crippen LogP contribution in [-0.2, 0) is 6.42 Å². The molecule has 1 nitrogen and oxygen atoms in total. The standard InChI is InChI=1S/C12H16BrNS2/c13-10-4-2-1-3-9(10)7-11(14)12-8-15-5-6-16-12/h1-4,11-12H,5-8,14H2. The van der Waals surface area contributed by atoms with E-state index in [-0.39, 0.29) is 6.04 Å². The van der Waals surface area contributed by atoms with Crippen molar-refractivity contribution < 1.29 is 0 Å². The van der Waals surface area contributed by atoms with E-state index in [1.165, 1.54) is 27.3 Å². The number of hydrogen-bond acceptors (Lipinski definition) is 3. The molecule has 1 aliphatic heterocycles. The summed E-state index contributed by atoms with van der Waals surface area (Å²) in [6.45, 7) is 0. The Morgan fingerprint density at radius 3 is 2.88 bits per heavy atom. The second kappa shape index (κ2) is 6.34. The Kier molecular flexibility index (Phi) is 5.07. The molecule has 0 spiro atoms. The van der Waals surface area contributed by atoms with Gasteiger partial charge in [0.15, 0.2) is 0 Å². The number of rotatable bonds is 3. The van der Waals surface area contributed by atoms with Gasteiger partial charge in [0.25, 0.3) is 0 Å². The van der Waals surface area contributed by atoms with Crippen LogP contribution in [0, 0.1) is 0 Å². The highest BCUT2D eigenvalue weighted by Gasteiger charge is 2.22. The first-order valence-electron chi connectivity index (χ1n) is 5.45. The summed E-state index contributed by atoms with van der Waals surface area (Å²) in [6, 6.07) is 8.64. The van der Waals surface area contributed by atoms with Gasteiger partial charge in [0, 0.05) is 33.0 Å². The summed E-state index contributed by atoms with van der Waals surface area (Å²) in [4.78, 5) is 0. The van der Waals surface area contributed by atoms with Crippen LogP contribution in [0.1, 0.15) is 5.56 Å². The highest BCUT2D eigenvalue weighted by molar-refractivity contribution is 9.10. The first-order chi connectivity index (χ1) is 7.77. The number of halogens is 1. The summed E-state index contributed by atoms with van der Waals surface area (Å²) in [6.07, 6.45) is 0.972. The van der Waals surface area contributed by atoms with E-state index in [0.29, 0.717) is 5.25 Å². The average Bonchev–Trinajstić information content (AvgIpc) is 2.33. The van der Waals surface area contributed by atoms with E-state index in [1.807, 2.05) is 29.6 Å². The molecule has 0 radical (unpaired) electrons. The molecule has 1 saturated heterocycles. The van der Waals surface area contributed by atoms with E-state index in [1.54, 1.807) is 0 Å². The summed E-state index contributed by atoms with van der Waals surface area (Å²) in [7, 11) is 0. The number of hydrogen-bond donors (Lipinski definition) is 1. The zero-order chi connectivity index (χ0) is 11.4. The molecule has 4 heteroatoms. The van der Waals surface area contributed by atoms with Gasteiger partial charge >= 0.3 is 0 Å². The monoisotopic (exact) mass is 317 g/mol. The van der Waals surface area contributed by atoms with Crippen LogP contribution in [0.3, 0.4) is 0 Å². The van der Waals surface area contributed by atoms with Crippen molar-refractivity contribution in [1.82, 2.24) is 0 Å². The van der Waals surface area contributed by atoms with Crippen molar-refractivity contribution in [2.75, 3.05) is 17.3 Å². The third-order valence-corrected chi connectivity index (χ3v) is 6.45. The van der Waals surface area contributed by atoms with Gasteiger partial charge in [-0.2, -0.15) is 23.5 Å². The molecule has 2 rings (SSSR count). The SMILES string of the molecule is NC(Cc1ccccc1Br)C1CSCCS1. The van der Waals surface area contributed by atoms with Crippen LogP contribution in [0.5, 0.6) is 0 Å². The van der Waals surface area contributed by atoms with Gasteiger partial charge in [-0.15, -0.1) is 0 Å². The number of nitrogens with two attached hydrogens (primary N) is 1. The molecule has 1 aliphatic rings. The van der Waals surface area contributed by atoms with E-state index >= 15 is 0 Å². The second-order valence-electron chi connectivity index (χ2n) is 3.94. The van der Waals surface area contributed by atoms with Crippen LogP contribution in [0.4, 0.5) is 0 Å². The largest absolute Gasteiger partial charge is 0.326 e. The van der Waals surface area contributed by atoms with E-state index in [0.717, 1.165) is 6.42 Å². The smallest absolute Gasteiger partial charge is 0.0293 e. The van der Waals surface area contributed by atoms with E-state index in [4.69, 9.17) is 5.73 Å². The first kappa shape index (κ1) is 12.8. The maximum absolute atomic E-state index is 6.29. The van der Waals surface area contributed by atoms with Crippen molar-refractivity contribution in [3.8, 4) is 0 Å². The highest BCUT2D eigenvalue weighted by atomic mass is 79.9. The van der Waals surface area contributed by atoms with Gasteiger partial charge in [-0.1, -0.05) is 34.1 Å². The summed E-state index contributed by atoms with van der Waals surface area (Å²) in [5, 5.41) is 0.617. The van der Waals surface area contributed by atoms with Gasteiger partial charge < -0.3 is 5.73 Å². The van der Waals surface area contributed by atoms with Gasteiger partial charge in [0.2, 0.25) is 0 Å². The molecule has 2 N–H and O–H groups in total. The fraction of sp³-hybridized carbons (Fsp3) is 0.500. The quantitative estimate of drug-likeness (QED) is 0.927. The summed E-state index contributed by atoms with van der Waals surface area (Å²) in [5.41, 5.74) is 7.62. The van der Waals surface area contributed by atoms with E-state index in [2.05, 4.69) is 34.1 Å². The lowest BCUT2D eigenvalue weighted by atomic mass is 10.0. The normalized spacial score (nSPS) is 23.0. The van der Waals surface area contributed by atoms with Crippen molar-refractivity contribution in [3.63, 3.8) is 0 Å². The summed E-state index contributed by atoms with van der Waals surface area (Å²) < 4.78 is 1.18. The van der Waals surface area contributed by atoms with Gasteiger partial charge in [0.05, 0.1) is 0 Å². The van der Waals surface area contributed by atoms with Crippen LogP contribution >= 0.6 is 39.5 Å². The molecule has 88 valence electrons. The van der Waals surface area contributed by atoms with Gasteiger partial charge in [-0.3, -0.25) is 0 Å². The third kappa shape index (κ3) is 3.42. The maximum atomic E-state index is 6.29. The molecule has 0 aromatic heterocycles. The van der Waals surface area contributed by atoms with Crippen molar-refractivity contribution >= 4 is 39.5 Å². The van der Waals surface area contributed by atoms with E-state index in [9.17, 15) is 0 Å². The number of benzene rings is 1. The molecule has 1 heterocycles. The van der Waals surface area contributed by atoms with Crippen molar-refractivity contribution in [2.24, 2.45) is 5.73 Å². The minimum absolute atomic E-state index is 0.275. The Hall–Kier alpha value is 0.360. The molecule has 0 aliphatic carbocycles. The summed E-state index contributed by atoms with van der Waals surface area (Å²) >= 11 is 7.65. The van der Waals surface area contributed by atoms with Gasteiger partial charge in [0.1, 0.15) is 0 Å². The fourth-order valence-electron chi connectivity index (χ4n) is 1.80. The minimum Gasteiger partial charge on any atom is -0.326 e. The van der Waals surface area contributed by atoms with Crippen LogP contribution in [0.25, 0.3) is 0 Å². The zero-order valence-corrected chi connectivity index (χ0v) is 12.3. The maximum Gasteiger partial charge on any atom is 0.0293 e. The lowest BCUT2D eigenvalue weighted by Gasteiger charge is -2.27. The third-order valence-electron chi connectivity index (χ3n) is 2.73. The topological polar surface area (TPSA) is 26.0 Å². The van der Waals surface area contributed by atoms with Gasteiger partial charge in [-0.25, -0.2) is 0 Å². The molecule has 0 bridgehead atoms. The molecule has 2 atom stereocenters. The van der Waals surface area contributed by atoms with Crippen LogP contribution in [0.2, 0.25) is 0 Å². The Balaban J connectivity index is 1.96. The van der Waals surface area contributed by atoms with Crippen LogP contribution in [0.15, 0.2) is 28.7 Å². The predicted molar refractivity (Wildman–Crippen MR) is 79.4 cm³/mol. The summed E-state index contributed by atoms with van der Waals surface area (Å²) in [5.74, 6) is 3.73. The average molecular weight is 318 g/mol. The Morgan fingerprint density at radius 1 is 1.38 bits per heavy atom. The van der Waals surface area contributed by atoms with Crippen molar-refractivity contribution in [2.45, 2.75) is 17.7 Å². The predicted octanol–water partition coefficient (Wildman–Crippen LogP) is 3.17.